The summed E-state index contributed by atoms with van der Waals surface area (Å²) in [4.78, 5) is 22.5. The van der Waals surface area contributed by atoms with Gasteiger partial charge in [-0.15, -0.1) is 0 Å². The fourth-order valence-corrected chi connectivity index (χ4v) is 0. The predicted molar refractivity (Wildman–Crippen MR) is 22.9 cm³/mol. The molecule has 0 aromatic heterocycles. The predicted octanol–water partition coefficient (Wildman–Crippen LogP) is -0.504. The quantitative estimate of drug-likeness (QED) is 0.606. The van der Waals surface area contributed by atoms with Gasteiger partial charge in [0.15, 0.2) is 0 Å². The van der Waals surface area contributed by atoms with Crippen molar-refractivity contribution in [2.24, 2.45) is 0 Å². The second-order valence-electron chi connectivity index (χ2n) is 0. The van der Waals surface area contributed by atoms with Crippen LogP contribution in [0.4, 0.5) is 0 Å². The molecule has 0 aliphatic rings. The van der Waals surface area contributed by atoms with Crippen LogP contribution in [0.15, 0.2) is 0 Å². The van der Waals surface area contributed by atoms with Gasteiger partial charge in [-0.3, -0.25) is 14.4 Å². The zero-order valence-electron chi connectivity index (χ0n) is 3.48. The molecule has 0 heterocycles. The summed E-state index contributed by atoms with van der Waals surface area (Å²) in [7, 11) is 4.69. The summed E-state index contributed by atoms with van der Waals surface area (Å²) in [5, 5.41) is 0. The second kappa shape index (κ2) is 174000. The third kappa shape index (κ3) is 104000. The normalized spacial score (nSPS) is 2.25. The maximum absolute atomic E-state index is 7.50. The van der Waals surface area contributed by atoms with Gasteiger partial charge in [-0.25, -0.2) is 0 Å². The van der Waals surface area contributed by atoms with E-state index in [9.17, 15) is 0 Å². The van der Waals surface area contributed by atoms with Crippen LogP contribution in [0.3, 0.4) is 0 Å². The molecule has 6 radical (unpaired) electrons. The SMILES string of the molecule is [C]=O.[C]=O.[C]=O.[Cl][Re]. The van der Waals surface area contributed by atoms with E-state index in [1.165, 1.54) is 18.2 Å². The number of carbonyl (C=O) groups excluding carboxylic acids is 3. The summed E-state index contributed by atoms with van der Waals surface area (Å²) in [5.41, 5.74) is 0. The fraction of sp³-hybridized carbons (Fsp3) is 0. The molecule has 0 N–H and O–H groups in total. The standard InChI is InChI=1S/3CO.ClH.Re/c3*1-2;;/h;;;1H;/q;;;;+1/p-1. The summed E-state index contributed by atoms with van der Waals surface area (Å²) in [5.74, 6) is 0. The Labute approximate surface area is 62.8 Å². The Kier molecular flexibility index (Phi) is 536000. The molecule has 0 unspecified atom stereocenters. The van der Waals surface area contributed by atoms with E-state index in [2.05, 4.69) is 20.4 Å². The Hall–Kier alpha value is -0.0377. The molecule has 0 bridgehead atoms. The minimum atomic E-state index is 1.19. The van der Waals surface area contributed by atoms with Crippen LogP contribution >= 0.6 is 9.53 Å². The molecule has 3 nitrogen and oxygen atoms in total. The average molecular weight is 306 g/mol. The van der Waals surface area contributed by atoms with Crippen LogP contribution in [-0.4, -0.2) is 20.4 Å². The summed E-state index contributed by atoms with van der Waals surface area (Å²) in [6.07, 6.45) is 0. The van der Waals surface area contributed by atoms with Gasteiger partial charge in [0.2, 0.25) is 0 Å². The topological polar surface area (TPSA) is 51.2 Å². The molecule has 0 atom stereocenters. The Morgan fingerprint density at radius 3 is 0.750 bits per heavy atom. The van der Waals surface area contributed by atoms with Crippen LogP contribution in [0.5, 0.6) is 0 Å². The van der Waals surface area contributed by atoms with Crippen molar-refractivity contribution in [1.29, 1.82) is 0 Å². The van der Waals surface area contributed by atoms with Gasteiger partial charge in [-0.1, -0.05) is 0 Å². The Morgan fingerprint density at radius 1 is 0.750 bits per heavy atom. The molecule has 0 saturated carbocycles. The number of hydrogen-bond donors (Lipinski definition) is 0. The van der Waals surface area contributed by atoms with E-state index in [-0.39, 0.29) is 0 Å². The first-order valence-corrected chi connectivity index (χ1v) is 4.12. The molecule has 0 aromatic rings. The Balaban J connectivity index is -0.0000000133. The van der Waals surface area contributed by atoms with Gasteiger partial charge >= 0.3 is 27.7 Å². The van der Waals surface area contributed by atoms with E-state index < -0.39 is 0 Å². The molecular weight excluding hydrogens is 306 g/mol. The van der Waals surface area contributed by atoms with Crippen LogP contribution in [0.2, 0.25) is 0 Å². The van der Waals surface area contributed by atoms with E-state index in [1.807, 2.05) is 0 Å². The van der Waals surface area contributed by atoms with Crippen LogP contribution in [0.25, 0.3) is 0 Å². The first kappa shape index (κ1) is 24.6. The van der Waals surface area contributed by atoms with Gasteiger partial charge in [0.05, 0.1) is 0 Å². The van der Waals surface area contributed by atoms with Crippen molar-refractivity contribution in [1.82, 2.24) is 0 Å². The maximum atomic E-state index is 7.50. The van der Waals surface area contributed by atoms with Gasteiger partial charge in [0.1, 0.15) is 0 Å². The molecule has 0 aromatic carbocycles. The molecule has 5 heteroatoms. The second-order valence-corrected chi connectivity index (χ2v) is 0. The summed E-state index contributed by atoms with van der Waals surface area (Å²) < 4.78 is 0. The summed E-state index contributed by atoms with van der Waals surface area (Å²) in [6.45, 7) is 13.5. The van der Waals surface area contributed by atoms with Crippen molar-refractivity contribution in [3.8, 4) is 0 Å². The summed E-state index contributed by atoms with van der Waals surface area (Å²) >= 11 is 1.19. The van der Waals surface area contributed by atoms with Crippen molar-refractivity contribution in [3.63, 3.8) is 0 Å². The van der Waals surface area contributed by atoms with E-state index >= 15 is 0 Å². The van der Waals surface area contributed by atoms with Gasteiger partial charge in [0, 0.05) is 0 Å². The van der Waals surface area contributed by atoms with Gasteiger partial charge in [0.25, 0.3) is 20.4 Å². The third-order valence-corrected chi connectivity index (χ3v) is 0. The monoisotopic (exact) mass is 306 g/mol. The minimum absolute atomic E-state index is 1.19. The van der Waals surface area contributed by atoms with Crippen LogP contribution < -0.4 is 0 Å². The molecule has 0 amide bonds. The third-order valence-electron chi connectivity index (χ3n) is 0. The molecular formula is C3ClO3Re. The Morgan fingerprint density at radius 2 is 0.750 bits per heavy atom. The Bertz CT molecular complexity index is 19.2. The van der Waals surface area contributed by atoms with E-state index in [0.29, 0.717) is 0 Å². The first-order valence-electron chi connectivity index (χ1n) is 0.755. The number of halogens is 1. The van der Waals surface area contributed by atoms with Gasteiger partial charge in [-0.05, 0) is 0 Å². The molecule has 0 aliphatic carbocycles. The van der Waals surface area contributed by atoms with Crippen molar-refractivity contribution in [3.05, 3.63) is 0 Å². The molecule has 0 rings (SSSR count). The average Bonchev–Trinajstić information content (AvgIpc) is 2.03. The van der Waals surface area contributed by atoms with E-state index in [0.717, 1.165) is 0 Å². The van der Waals surface area contributed by atoms with Crippen LogP contribution in [0.1, 0.15) is 0 Å². The first-order chi connectivity index (χ1) is 4.00. The van der Waals surface area contributed by atoms with Crippen molar-refractivity contribution in [2.75, 3.05) is 0 Å². The molecule has 0 spiro atoms. The van der Waals surface area contributed by atoms with Crippen LogP contribution in [0, 0.1) is 0 Å². The van der Waals surface area contributed by atoms with Gasteiger partial charge < -0.3 is 0 Å². The number of rotatable bonds is 0. The fourth-order valence-electron chi connectivity index (χ4n) is 0. The van der Waals surface area contributed by atoms with Crippen molar-refractivity contribution >= 4 is 29.9 Å². The van der Waals surface area contributed by atoms with Crippen molar-refractivity contribution < 1.29 is 32.6 Å². The molecule has 0 fully saturated rings. The van der Waals surface area contributed by atoms with Crippen LogP contribution in [-0.2, 0) is 32.6 Å². The molecule has 44 valence electrons. The molecule has 0 aliphatic heterocycles. The zero-order valence-corrected chi connectivity index (χ0v) is 6.95. The van der Waals surface area contributed by atoms with E-state index in [1.54, 1.807) is 0 Å². The van der Waals surface area contributed by atoms with Crippen molar-refractivity contribution in [2.45, 2.75) is 0 Å². The molecule has 8 heavy (non-hydrogen) atoms. The number of hydrogen-bond acceptors (Lipinski definition) is 3. The molecule has 0 saturated heterocycles. The van der Waals surface area contributed by atoms with Gasteiger partial charge in [-0.2, -0.15) is 0 Å². The summed E-state index contributed by atoms with van der Waals surface area (Å²) in [6, 6.07) is 0. The zero-order chi connectivity index (χ0) is 8.00. The van der Waals surface area contributed by atoms with E-state index in [4.69, 9.17) is 23.9 Å².